The van der Waals surface area contributed by atoms with Crippen LogP contribution in [0.4, 0.5) is 0 Å². The van der Waals surface area contributed by atoms with Crippen molar-refractivity contribution in [3.05, 3.63) is 29.8 Å². The lowest BCUT2D eigenvalue weighted by Crippen LogP contribution is -2.43. The number of esters is 2. The van der Waals surface area contributed by atoms with Crippen molar-refractivity contribution in [2.24, 2.45) is 11.3 Å². The summed E-state index contributed by atoms with van der Waals surface area (Å²) in [7, 11) is 1.28. The molecule has 0 bridgehead atoms. The lowest BCUT2D eigenvalue weighted by molar-refractivity contribution is -0.145. The number of hydrogen-bond acceptors (Lipinski definition) is 7. The largest absolute Gasteiger partial charge is 0.467 e. The number of carbonyl (C=O) groups excluding carboxylic acids is 4. The van der Waals surface area contributed by atoms with E-state index in [1.807, 2.05) is 20.8 Å². The maximum absolute atomic E-state index is 12.9. The van der Waals surface area contributed by atoms with Gasteiger partial charge in [-0.15, -0.1) is 0 Å². The summed E-state index contributed by atoms with van der Waals surface area (Å²) in [6.45, 7) is 12.1. The van der Waals surface area contributed by atoms with Gasteiger partial charge in [-0.25, -0.2) is 4.79 Å². The van der Waals surface area contributed by atoms with E-state index in [-0.39, 0.29) is 49.2 Å². The zero-order chi connectivity index (χ0) is 27.3. The van der Waals surface area contributed by atoms with Gasteiger partial charge in [-0.2, -0.15) is 0 Å². The highest BCUT2D eigenvalue weighted by Crippen LogP contribution is 2.26. The molecule has 9 nitrogen and oxygen atoms in total. The van der Waals surface area contributed by atoms with Gasteiger partial charge < -0.3 is 24.8 Å². The second-order valence-electron chi connectivity index (χ2n) is 10.4. The van der Waals surface area contributed by atoms with Gasteiger partial charge in [0.2, 0.25) is 11.8 Å². The molecule has 0 fully saturated rings. The number of carbonyl (C=O) groups is 4. The Kier molecular flexibility index (Phi) is 13.2. The predicted molar refractivity (Wildman–Crippen MR) is 136 cm³/mol. The molecule has 0 radical (unpaired) electrons. The smallest absolute Gasteiger partial charge is 0.328 e. The summed E-state index contributed by atoms with van der Waals surface area (Å²) < 4.78 is 15.4. The highest BCUT2D eigenvalue weighted by atomic mass is 16.5. The van der Waals surface area contributed by atoms with Crippen molar-refractivity contribution in [1.82, 2.24) is 10.6 Å². The average molecular weight is 507 g/mol. The summed E-state index contributed by atoms with van der Waals surface area (Å²) in [5, 5.41) is 5.61. The molecule has 2 N–H and O–H groups in total. The van der Waals surface area contributed by atoms with Gasteiger partial charge in [0, 0.05) is 32.9 Å². The van der Waals surface area contributed by atoms with Gasteiger partial charge in [0.1, 0.15) is 11.8 Å². The molecule has 1 rings (SSSR count). The molecule has 1 aromatic rings. The van der Waals surface area contributed by atoms with Gasteiger partial charge in [0.05, 0.1) is 19.6 Å². The molecule has 202 valence electrons. The Morgan fingerprint density at radius 3 is 2.17 bits per heavy atom. The Bertz CT molecular complexity index is 860. The third kappa shape index (κ3) is 12.7. The number of benzene rings is 1. The van der Waals surface area contributed by atoms with E-state index in [9.17, 15) is 19.2 Å². The van der Waals surface area contributed by atoms with Crippen molar-refractivity contribution in [1.29, 1.82) is 0 Å². The summed E-state index contributed by atoms with van der Waals surface area (Å²) in [5.74, 6) is -0.873. The van der Waals surface area contributed by atoms with Gasteiger partial charge in [0.15, 0.2) is 0 Å². The lowest BCUT2D eigenvalue weighted by Gasteiger charge is -2.21. The van der Waals surface area contributed by atoms with Crippen LogP contribution >= 0.6 is 0 Å². The number of methoxy groups -OCH3 is 1. The van der Waals surface area contributed by atoms with Crippen molar-refractivity contribution in [2.45, 2.75) is 72.8 Å². The van der Waals surface area contributed by atoms with Gasteiger partial charge >= 0.3 is 11.9 Å². The number of ether oxygens (including phenoxy) is 3. The van der Waals surface area contributed by atoms with E-state index in [1.165, 1.54) is 14.0 Å². The third-order valence-corrected chi connectivity index (χ3v) is 5.18. The molecule has 0 aromatic heterocycles. The Morgan fingerprint density at radius 1 is 1.00 bits per heavy atom. The van der Waals surface area contributed by atoms with Crippen LogP contribution in [0.5, 0.6) is 5.75 Å². The van der Waals surface area contributed by atoms with Crippen molar-refractivity contribution in [3.63, 3.8) is 0 Å². The summed E-state index contributed by atoms with van der Waals surface area (Å²) >= 11 is 0. The van der Waals surface area contributed by atoms with Crippen LogP contribution in [0.25, 0.3) is 0 Å². The Morgan fingerprint density at radius 2 is 1.64 bits per heavy atom. The summed E-state index contributed by atoms with van der Waals surface area (Å²) in [6.07, 6.45) is 1.22. The number of rotatable bonds is 14. The third-order valence-electron chi connectivity index (χ3n) is 5.18. The maximum atomic E-state index is 12.9. The van der Waals surface area contributed by atoms with Crippen LogP contribution in [0, 0.1) is 11.3 Å². The highest BCUT2D eigenvalue weighted by molar-refractivity contribution is 5.85. The minimum Gasteiger partial charge on any atom is -0.467 e. The Labute approximate surface area is 214 Å². The van der Waals surface area contributed by atoms with Gasteiger partial charge in [-0.1, -0.05) is 46.8 Å². The number of nitrogens with one attached hydrogen (secondary N) is 2. The van der Waals surface area contributed by atoms with Gasteiger partial charge in [-0.05, 0) is 35.4 Å². The van der Waals surface area contributed by atoms with E-state index >= 15 is 0 Å². The van der Waals surface area contributed by atoms with Crippen molar-refractivity contribution in [2.75, 3.05) is 26.9 Å². The first-order valence-electron chi connectivity index (χ1n) is 12.3. The number of hydrogen-bond donors (Lipinski definition) is 2. The zero-order valence-corrected chi connectivity index (χ0v) is 22.6. The first kappa shape index (κ1) is 31.1. The van der Waals surface area contributed by atoms with E-state index < -0.39 is 18.0 Å². The summed E-state index contributed by atoms with van der Waals surface area (Å²) in [5.41, 5.74) is 0.641. The van der Waals surface area contributed by atoms with Crippen molar-refractivity contribution in [3.8, 4) is 5.75 Å². The second-order valence-corrected chi connectivity index (χ2v) is 10.4. The average Bonchev–Trinajstić information content (AvgIpc) is 2.77. The van der Waals surface area contributed by atoms with Crippen molar-refractivity contribution >= 4 is 23.8 Å². The molecule has 1 aromatic carbocycles. The molecule has 0 saturated carbocycles. The van der Waals surface area contributed by atoms with Crippen LogP contribution in [0.1, 0.15) is 72.3 Å². The van der Waals surface area contributed by atoms with E-state index in [4.69, 9.17) is 14.2 Å². The van der Waals surface area contributed by atoms with Crippen LogP contribution < -0.4 is 15.4 Å². The molecule has 2 amide bonds. The topological polar surface area (TPSA) is 120 Å². The Balaban J connectivity index is 2.54. The van der Waals surface area contributed by atoms with Crippen LogP contribution in [-0.2, 0) is 28.7 Å². The first-order valence-corrected chi connectivity index (χ1v) is 12.3. The minimum atomic E-state index is -0.787. The van der Waals surface area contributed by atoms with E-state index in [0.717, 1.165) is 5.56 Å². The molecule has 2 unspecified atom stereocenters. The first-order chi connectivity index (χ1) is 16.8. The van der Waals surface area contributed by atoms with Crippen LogP contribution in [0.3, 0.4) is 0 Å². The second kappa shape index (κ2) is 15.2. The summed E-state index contributed by atoms with van der Waals surface area (Å²) in [4.78, 5) is 48.2. The molecule has 36 heavy (non-hydrogen) atoms. The van der Waals surface area contributed by atoms with Crippen molar-refractivity contribution < 1.29 is 33.4 Å². The molecule has 0 aliphatic heterocycles. The zero-order valence-electron chi connectivity index (χ0n) is 22.6. The molecule has 9 heteroatoms. The quantitative estimate of drug-likeness (QED) is 0.226. The van der Waals surface area contributed by atoms with Crippen LogP contribution in [0.2, 0.25) is 0 Å². The molecular weight excluding hydrogens is 464 g/mol. The normalized spacial score (nSPS) is 13.0. The van der Waals surface area contributed by atoms with Crippen LogP contribution in [0.15, 0.2) is 24.3 Å². The van der Waals surface area contributed by atoms with E-state index in [1.54, 1.807) is 24.3 Å². The SMILES string of the molecule is COC(=O)C(CCOCCNC(=O)C(CC(C)C)c1ccc(OC(C)=O)cc1)NC(=O)CC(C)(C)C. The maximum Gasteiger partial charge on any atom is 0.328 e. The molecule has 2 atom stereocenters. The number of amides is 2. The molecule has 0 spiro atoms. The van der Waals surface area contributed by atoms with Gasteiger partial charge in [0.25, 0.3) is 0 Å². The minimum absolute atomic E-state index is 0.116. The standard InChI is InChI=1S/C27H42N2O7/c1-18(2)16-22(20-8-10-21(11-9-20)36-19(3)30)25(32)28-13-15-35-14-12-23(26(33)34-7)29-24(31)17-27(4,5)6/h8-11,18,22-23H,12-17H2,1-7H3,(H,28,32)(H,29,31). The highest BCUT2D eigenvalue weighted by Gasteiger charge is 2.24. The molecule has 0 aliphatic rings. The monoisotopic (exact) mass is 506 g/mol. The Hall–Kier alpha value is -2.94. The molecule has 0 heterocycles. The van der Waals surface area contributed by atoms with Gasteiger partial charge in [-0.3, -0.25) is 14.4 Å². The predicted octanol–water partition coefficient (Wildman–Crippen LogP) is 3.36. The fourth-order valence-corrected chi connectivity index (χ4v) is 3.59. The fraction of sp³-hybridized carbons (Fsp3) is 0.630. The van der Waals surface area contributed by atoms with Crippen LogP contribution in [-0.4, -0.2) is 56.7 Å². The van der Waals surface area contributed by atoms with E-state index in [0.29, 0.717) is 24.6 Å². The molecule has 0 aliphatic carbocycles. The molecule has 0 saturated heterocycles. The fourth-order valence-electron chi connectivity index (χ4n) is 3.59. The van der Waals surface area contributed by atoms with E-state index in [2.05, 4.69) is 24.5 Å². The molecular formula is C27H42N2O7. The lowest BCUT2D eigenvalue weighted by atomic mass is 9.89. The summed E-state index contributed by atoms with van der Waals surface area (Å²) in [6, 6.07) is 6.16.